The zero-order valence-electron chi connectivity index (χ0n) is 11.6. The van der Waals surface area contributed by atoms with Crippen molar-refractivity contribution >= 4 is 5.78 Å². The topological polar surface area (TPSA) is 29.1 Å². The molecule has 0 aliphatic carbocycles. The predicted molar refractivity (Wildman–Crippen MR) is 75.1 cm³/mol. The van der Waals surface area contributed by atoms with Gasteiger partial charge in [0.25, 0.3) is 0 Å². The molecule has 98 valence electrons. The molecule has 1 aliphatic heterocycles. The van der Waals surface area contributed by atoms with E-state index in [2.05, 4.69) is 25.2 Å². The lowest BCUT2D eigenvalue weighted by molar-refractivity contribution is 0.0959. The largest absolute Gasteiger partial charge is 0.311 e. The number of carbonyl (C=O) groups excluding carboxylic acids is 1. The summed E-state index contributed by atoms with van der Waals surface area (Å²) in [4.78, 5) is 12.3. The molecule has 0 bridgehead atoms. The molecule has 0 aromatic heterocycles. The summed E-state index contributed by atoms with van der Waals surface area (Å²) in [5.74, 6) is 0.277. The second-order valence-electron chi connectivity index (χ2n) is 5.64. The first-order chi connectivity index (χ1) is 8.56. The third-order valence-electron chi connectivity index (χ3n) is 3.82. The highest BCUT2D eigenvalue weighted by Gasteiger charge is 2.21. The Labute approximate surface area is 110 Å². The Morgan fingerprint density at radius 1 is 1.33 bits per heavy atom. The maximum Gasteiger partial charge on any atom is 0.164 e. The molecule has 2 heteroatoms. The summed E-state index contributed by atoms with van der Waals surface area (Å²) in [7, 11) is 0. The van der Waals surface area contributed by atoms with Crippen LogP contribution in [-0.2, 0) is 0 Å². The van der Waals surface area contributed by atoms with E-state index < -0.39 is 0 Å². The van der Waals surface area contributed by atoms with Crippen LogP contribution in [0.4, 0.5) is 0 Å². The lowest BCUT2D eigenvalue weighted by atomic mass is 9.92. The van der Waals surface area contributed by atoms with Gasteiger partial charge in [-0.05, 0) is 39.2 Å². The van der Waals surface area contributed by atoms with Crippen LogP contribution in [0.25, 0.3) is 0 Å². The summed E-state index contributed by atoms with van der Waals surface area (Å²) >= 11 is 0. The van der Waals surface area contributed by atoms with Crippen molar-refractivity contribution in [3.63, 3.8) is 0 Å². The molecule has 0 spiro atoms. The summed E-state index contributed by atoms with van der Waals surface area (Å²) in [6.45, 7) is 6.29. The highest BCUT2D eigenvalue weighted by atomic mass is 16.1. The first-order valence-corrected chi connectivity index (χ1v) is 6.93. The third-order valence-corrected chi connectivity index (χ3v) is 3.82. The number of hydrogen-bond donors (Lipinski definition) is 1. The molecule has 2 atom stereocenters. The van der Waals surface area contributed by atoms with Crippen LogP contribution in [0.5, 0.6) is 0 Å². The van der Waals surface area contributed by atoms with Gasteiger partial charge < -0.3 is 5.32 Å². The average Bonchev–Trinajstić information content (AvgIpc) is 2.28. The van der Waals surface area contributed by atoms with Crippen molar-refractivity contribution in [1.29, 1.82) is 0 Å². The van der Waals surface area contributed by atoms with Crippen LogP contribution in [0.15, 0.2) is 18.2 Å². The SMILES string of the molecule is Cc1ccc(C(=O)CC2CCCC(C)N2)c(C)c1. The number of Topliss-reactive ketones (excluding diaryl/α,β-unsaturated/α-hetero) is 1. The summed E-state index contributed by atoms with van der Waals surface area (Å²) in [6.07, 6.45) is 4.22. The third kappa shape index (κ3) is 3.20. The van der Waals surface area contributed by atoms with Crippen molar-refractivity contribution in [3.05, 3.63) is 34.9 Å². The minimum Gasteiger partial charge on any atom is -0.311 e. The van der Waals surface area contributed by atoms with Gasteiger partial charge >= 0.3 is 0 Å². The molecule has 1 aromatic rings. The number of benzene rings is 1. The smallest absolute Gasteiger partial charge is 0.164 e. The second kappa shape index (κ2) is 5.66. The predicted octanol–water partition coefficient (Wildman–Crippen LogP) is 3.41. The van der Waals surface area contributed by atoms with E-state index in [0.717, 1.165) is 17.5 Å². The first-order valence-electron chi connectivity index (χ1n) is 6.93. The zero-order valence-corrected chi connectivity index (χ0v) is 11.6. The van der Waals surface area contributed by atoms with Gasteiger partial charge in [0, 0.05) is 24.1 Å². The molecule has 2 nitrogen and oxygen atoms in total. The normalized spacial score (nSPS) is 23.9. The maximum absolute atomic E-state index is 12.3. The maximum atomic E-state index is 12.3. The number of hydrogen-bond acceptors (Lipinski definition) is 2. The summed E-state index contributed by atoms with van der Waals surface area (Å²) in [6, 6.07) is 7.00. The molecule has 1 fully saturated rings. The van der Waals surface area contributed by atoms with E-state index in [-0.39, 0.29) is 5.78 Å². The van der Waals surface area contributed by atoms with Gasteiger partial charge in [-0.3, -0.25) is 4.79 Å². The van der Waals surface area contributed by atoms with E-state index in [1.807, 2.05) is 19.1 Å². The van der Waals surface area contributed by atoms with Crippen LogP contribution < -0.4 is 5.32 Å². The molecule has 1 aromatic carbocycles. The fourth-order valence-corrected chi connectivity index (χ4v) is 2.86. The Morgan fingerprint density at radius 3 is 2.78 bits per heavy atom. The molecular weight excluding hydrogens is 222 g/mol. The highest BCUT2D eigenvalue weighted by molar-refractivity contribution is 5.97. The average molecular weight is 245 g/mol. The number of ketones is 1. The summed E-state index contributed by atoms with van der Waals surface area (Å²) in [5, 5.41) is 3.53. The second-order valence-corrected chi connectivity index (χ2v) is 5.64. The number of carbonyl (C=O) groups is 1. The molecule has 0 radical (unpaired) electrons. The van der Waals surface area contributed by atoms with Gasteiger partial charge in [0.15, 0.2) is 5.78 Å². The molecular formula is C16H23NO. The number of nitrogens with one attached hydrogen (secondary N) is 1. The molecule has 18 heavy (non-hydrogen) atoms. The number of aryl methyl sites for hydroxylation is 2. The van der Waals surface area contributed by atoms with Crippen molar-refractivity contribution in [2.75, 3.05) is 0 Å². The first kappa shape index (κ1) is 13.3. The van der Waals surface area contributed by atoms with Crippen LogP contribution in [0, 0.1) is 13.8 Å². The molecule has 2 rings (SSSR count). The van der Waals surface area contributed by atoms with Crippen molar-refractivity contribution in [2.45, 2.75) is 58.5 Å². The minimum absolute atomic E-state index is 0.277. The molecule has 0 saturated carbocycles. The summed E-state index contributed by atoms with van der Waals surface area (Å²) < 4.78 is 0. The van der Waals surface area contributed by atoms with Crippen molar-refractivity contribution in [1.82, 2.24) is 5.32 Å². The van der Waals surface area contributed by atoms with E-state index in [1.165, 1.54) is 18.4 Å². The van der Waals surface area contributed by atoms with Gasteiger partial charge in [-0.2, -0.15) is 0 Å². The van der Waals surface area contributed by atoms with Gasteiger partial charge in [0.1, 0.15) is 0 Å². The van der Waals surface area contributed by atoms with E-state index in [4.69, 9.17) is 0 Å². The van der Waals surface area contributed by atoms with Crippen LogP contribution in [-0.4, -0.2) is 17.9 Å². The zero-order chi connectivity index (χ0) is 13.1. The molecule has 1 heterocycles. The monoisotopic (exact) mass is 245 g/mol. The van der Waals surface area contributed by atoms with Gasteiger partial charge in [0.2, 0.25) is 0 Å². The minimum atomic E-state index is 0.277. The molecule has 2 unspecified atom stereocenters. The van der Waals surface area contributed by atoms with Crippen molar-refractivity contribution in [3.8, 4) is 0 Å². The van der Waals surface area contributed by atoms with Crippen molar-refractivity contribution < 1.29 is 4.79 Å². The molecule has 1 N–H and O–H groups in total. The van der Waals surface area contributed by atoms with Crippen LogP contribution in [0.2, 0.25) is 0 Å². The van der Waals surface area contributed by atoms with Crippen LogP contribution >= 0.6 is 0 Å². The molecule has 1 aliphatic rings. The number of rotatable bonds is 3. The summed E-state index contributed by atoms with van der Waals surface area (Å²) in [5.41, 5.74) is 3.21. The van der Waals surface area contributed by atoms with Gasteiger partial charge in [-0.1, -0.05) is 30.2 Å². The fourth-order valence-electron chi connectivity index (χ4n) is 2.86. The molecule has 1 saturated heterocycles. The van der Waals surface area contributed by atoms with E-state index in [0.29, 0.717) is 18.5 Å². The lowest BCUT2D eigenvalue weighted by Gasteiger charge is -2.28. The fraction of sp³-hybridized carbons (Fsp3) is 0.562. The Kier molecular flexibility index (Phi) is 4.18. The van der Waals surface area contributed by atoms with E-state index in [9.17, 15) is 4.79 Å². The highest BCUT2D eigenvalue weighted by Crippen LogP contribution is 2.19. The van der Waals surface area contributed by atoms with Crippen LogP contribution in [0.3, 0.4) is 0 Å². The Bertz CT molecular complexity index is 439. The van der Waals surface area contributed by atoms with E-state index in [1.54, 1.807) is 0 Å². The lowest BCUT2D eigenvalue weighted by Crippen LogP contribution is -2.41. The van der Waals surface area contributed by atoms with Crippen LogP contribution in [0.1, 0.15) is 54.1 Å². The number of piperidine rings is 1. The van der Waals surface area contributed by atoms with Gasteiger partial charge in [-0.15, -0.1) is 0 Å². The standard InChI is InChI=1S/C16H23NO/c1-11-7-8-15(12(2)9-11)16(18)10-14-6-4-5-13(3)17-14/h7-9,13-14,17H,4-6,10H2,1-3H3. The Hall–Kier alpha value is -1.15. The van der Waals surface area contributed by atoms with E-state index >= 15 is 0 Å². The Morgan fingerprint density at radius 2 is 2.11 bits per heavy atom. The van der Waals surface area contributed by atoms with Gasteiger partial charge in [-0.25, -0.2) is 0 Å². The van der Waals surface area contributed by atoms with Gasteiger partial charge in [0.05, 0.1) is 0 Å². The van der Waals surface area contributed by atoms with Crippen molar-refractivity contribution in [2.24, 2.45) is 0 Å². The quantitative estimate of drug-likeness (QED) is 0.827. The Balaban J connectivity index is 2.03. The molecule has 0 amide bonds.